The van der Waals surface area contributed by atoms with Gasteiger partial charge in [0.25, 0.3) is 0 Å². The highest BCUT2D eigenvalue weighted by Crippen LogP contribution is 2.11. The number of hydrogen-bond acceptors (Lipinski definition) is 2. The molecule has 1 saturated heterocycles. The first kappa shape index (κ1) is 6.49. The molecule has 1 aliphatic heterocycles. The monoisotopic (exact) mass is 129 g/mol. The second-order valence-corrected chi connectivity index (χ2v) is 3.55. The molecule has 1 nitrogen and oxygen atoms in total. The van der Waals surface area contributed by atoms with Crippen molar-refractivity contribution in [3.05, 3.63) is 0 Å². The molecular formula is C5H12BNS. The lowest BCUT2D eigenvalue weighted by Crippen LogP contribution is -2.39. The third-order valence-corrected chi connectivity index (χ3v) is 2.89. The van der Waals surface area contributed by atoms with E-state index in [1.807, 2.05) is 0 Å². The molecular weight excluding hydrogens is 117 g/mol. The van der Waals surface area contributed by atoms with Gasteiger partial charge in [0.15, 0.2) is 0 Å². The normalized spacial score (nSPS) is 32.9. The standard InChI is InChI=1S/C5H12BNS/c1-7-2-3-8-4-5(7)6/h5H,2-4,6H2,1H3. The Balaban J connectivity index is 2.28. The van der Waals surface area contributed by atoms with Crippen LogP contribution in [0.5, 0.6) is 0 Å². The summed E-state index contributed by atoms with van der Waals surface area (Å²) in [6.07, 6.45) is 0. The van der Waals surface area contributed by atoms with Gasteiger partial charge in [0.05, 0.1) is 0 Å². The smallest absolute Gasteiger partial charge is 0.124 e. The largest absolute Gasteiger partial charge is 0.310 e. The van der Waals surface area contributed by atoms with Crippen LogP contribution in [-0.2, 0) is 0 Å². The maximum Gasteiger partial charge on any atom is 0.124 e. The van der Waals surface area contributed by atoms with Gasteiger partial charge in [-0.2, -0.15) is 11.8 Å². The third-order valence-electron chi connectivity index (χ3n) is 1.70. The van der Waals surface area contributed by atoms with E-state index in [1.54, 1.807) is 0 Å². The lowest BCUT2D eigenvalue weighted by atomic mass is 9.97. The van der Waals surface area contributed by atoms with Gasteiger partial charge in [-0.15, -0.1) is 0 Å². The lowest BCUT2D eigenvalue weighted by molar-refractivity contribution is 0.339. The van der Waals surface area contributed by atoms with Crippen molar-refractivity contribution in [1.82, 2.24) is 4.90 Å². The predicted molar refractivity (Wildman–Crippen MR) is 42.3 cm³/mol. The van der Waals surface area contributed by atoms with Crippen molar-refractivity contribution < 1.29 is 0 Å². The second kappa shape index (κ2) is 2.78. The van der Waals surface area contributed by atoms with Crippen molar-refractivity contribution >= 4 is 19.6 Å². The van der Waals surface area contributed by atoms with Crippen LogP contribution in [0, 0.1) is 0 Å². The van der Waals surface area contributed by atoms with Crippen LogP contribution in [0.2, 0.25) is 0 Å². The van der Waals surface area contributed by atoms with Crippen molar-refractivity contribution in [2.45, 2.75) is 5.94 Å². The Labute approximate surface area is 56.2 Å². The Bertz CT molecular complexity index is 68.8. The first-order valence-electron chi connectivity index (χ1n) is 3.08. The van der Waals surface area contributed by atoms with Crippen LogP contribution in [0.4, 0.5) is 0 Å². The van der Waals surface area contributed by atoms with E-state index in [4.69, 9.17) is 0 Å². The molecule has 0 radical (unpaired) electrons. The predicted octanol–water partition coefficient (Wildman–Crippen LogP) is -0.376. The summed E-state index contributed by atoms with van der Waals surface area (Å²) in [5.41, 5.74) is 0. The Morgan fingerprint density at radius 1 is 1.75 bits per heavy atom. The molecule has 0 N–H and O–H groups in total. The fraction of sp³-hybridized carbons (Fsp3) is 1.00. The molecule has 46 valence electrons. The molecule has 1 heterocycles. The van der Waals surface area contributed by atoms with Gasteiger partial charge in [0.1, 0.15) is 7.85 Å². The van der Waals surface area contributed by atoms with Gasteiger partial charge < -0.3 is 4.90 Å². The van der Waals surface area contributed by atoms with Crippen molar-refractivity contribution in [2.75, 3.05) is 25.1 Å². The number of nitrogens with zero attached hydrogens (tertiary/aromatic N) is 1. The average Bonchev–Trinajstić information content (AvgIpc) is 1.77. The molecule has 0 bridgehead atoms. The lowest BCUT2D eigenvalue weighted by Gasteiger charge is -2.28. The molecule has 3 heteroatoms. The van der Waals surface area contributed by atoms with E-state index in [9.17, 15) is 0 Å². The van der Waals surface area contributed by atoms with E-state index in [2.05, 4.69) is 31.6 Å². The molecule has 1 fully saturated rings. The second-order valence-electron chi connectivity index (χ2n) is 2.40. The molecule has 0 saturated carbocycles. The van der Waals surface area contributed by atoms with Gasteiger partial charge in [-0.25, -0.2) is 0 Å². The first-order chi connectivity index (χ1) is 3.80. The minimum absolute atomic E-state index is 0.800. The summed E-state index contributed by atoms with van der Waals surface area (Å²) < 4.78 is 0. The molecule has 0 aromatic carbocycles. The minimum Gasteiger partial charge on any atom is -0.310 e. The Kier molecular flexibility index (Phi) is 2.26. The molecule has 0 spiro atoms. The molecule has 8 heavy (non-hydrogen) atoms. The Hall–Kier alpha value is 0.375. The topological polar surface area (TPSA) is 3.24 Å². The highest BCUT2D eigenvalue weighted by atomic mass is 32.2. The van der Waals surface area contributed by atoms with Crippen molar-refractivity contribution in [2.24, 2.45) is 0 Å². The molecule has 0 aromatic heterocycles. The van der Waals surface area contributed by atoms with Crippen LogP contribution in [0.25, 0.3) is 0 Å². The van der Waals surface area contributed by atoms with Crippen molar-refractivity contribution in [3.8, 4) is 0 Å². The zero-order valence-corrected chi connectivity index (χ0v) is 6.37. The molecule has 0 aromatic rings. The van der Waals surface area contributed by atoms with Gasteiger partial charge in [0.2, 0.25) is 0 Å². The minimum atomic E-state index is 0.800. The summed E-state index contributed by atoms with van der Waals surface area (Å²) in [4.78, 5) is 2.41. The van der Waals surface area contributed by atoms with Gasteiger partial charge in [-0.1, -0.05) is 0 Å². The highest BCUT2D eigenvalue weighted by molar-refractivity contribution is 7.99. The molecule has 1 atom stereocenters. The van der Waals surface area contributed by atoms with Crippen molar-refractivity contribution in [3.63, 3.8) is 0 Å². The van der Waals surface area contributed by atoms with E-state index in [1.165, 1.54) is 18.1 Å². The van der Waals surface area contributed by atoms with Gasteiger partial charge in [-0.05, 0) is 13.0 Å². The van der Waals surface area contributed by atoms with Crippen LogP contribution in [0.1, 0.15) is 0 Å². The van der Waals surface area contributed by atoms with Gasteiger partial charge in [0, 0.05) is 18.1 Å². The summed E-state index contributed by atoms with van der Waals surface area (Å²) in [7, 11) is 4.48. The summed E-state index contributed by atoms with van der Waals surface area (Å²) in [6.45, 7) is 1.27. The van der Waals surface area contributed by atoms with Gasteiger partial charge >= 0.3 is 0 Å². The SMILES string of the molecule is BC1CSCCN1C. The molecule has 0 aliphatic carbocycles. The van der Waals surface area contributed by atoms with Gasteiger partial charge in [-0.3, -0.25) is 0 Å². The quantitative estimate of drug-likeness (QED) is 0.410. The Morgan fingerprint density at radius 2 is 2.50 bits per heavy atom. The fourth-order valence-corrected chi connectivity index (χ4v) is 1.99. The highest BCUT2D eigenvalue weighted by Gasteiger charge is 2.12. The van der Waals surface area contributed by atoms with Crippen LogP contribution >= 0.6 is 11.8 Å². The zero-order chi connectivity index (χ0) is 5.98. The third kappa shape index (κ3) is 1.42. The molecule has 1 aliphatic rings. The number of rotatable bonds is 0. The summed E-state index contributed by atoms with van der Waals surface area (Å²) in [5.74, 6) is 3.44. The van der Waals surface area contributed by atoms with E-state index in [0.717, 1.165) is 5.94 Å². The maximum atomic E-state index is 2.41. The van der Waals surface area contributed by atoms with E-state index < -0.39 is 0 Å². The van der Waals surface area contributed by atoms with Crippen molar-refractivity contribution in [1.29, 1.82) is 0 Å². The average molecular weight is 129 g/mol. The summed E-state index contributed by atoms with van der Waals surface area (Å²) in [5, 5.41) is 0. The molecule has 0 amide bonds. The van der Waals surface area contributed by atoms with E-state index >= 15 is 0 Å². The maximum absolute atomic E-state index is 2.41. The zero-order valence-electron chi connectivity index (χ0n) is 5.55. The van der Waals surface area contributed by atoms with Crippen LogP contribution < -0.4 is 0 Å². The van der Waals surface area contributed by atoms with Crippen LogP contribution in [-0.4, -0.2) is 43.8 Å². The van der Waals surface area contributed by atoms with Crippen LogP contribution in [0.15, 0.2) is 0 Å². The summed E-state index contributed by atoms with van der Waals surface area (Å²) >= 11 is 2.07. The fourth-order valence-electron chi connectivity index (χ4n) is 0.810. The number of thioether (sulfide) groups is 1. The molecule has 1 unspecified atom stereocenters. The van der Waals surface area contributed by atoms with E-state index in [0.29, 0.717) is 0 Å². The molecule has 1 rings (SSSR count). The Morgan fingerprint density at radius 3 is 2.88 bits per heavy atom. The first-order valence-corrected chi connectivity index (χ1v) is 4.24. The number of hydrogen-bond donors (Lipinski definition) is 0. The van der Waals surface area contributed by atoms with Crippen LogP contribution in [0.3, 0.4) is 0 Å². The summed E-state index contributed by atoms with van der Waals surface area (Å²) in [6, 6.07) is 0. The van der Waals surface area contributed by atoms with E-state index in [-0.39, 0.29) is 0 Å².